The van der Waals surface area contributed by atoms with Gasteiger partial charge in [0.15, 0.2) is 0 Å². The predicted octanol–water partition coefficient (Wildman–Crippen LogP) is 1.49. The van der Waals surface area contributed by atoms with Gasteiger partial charge in [-0.25, -0.2) is 0 Å². The number of benzene rings is 1. The molecule has 22 heavy (non-hydrogen) atoms. The maximum absolute atomic E-state index is 12.1. The van der Waals surface area contributed by atoms with Crippen LogP contribution in [0, 0.1) is 10.1 Å². The van der Waals surface area contributed by atoms with Crippen molar-refractivity contribution in [2.45, 2.75) is 19.4 Å². The summed E-state index contributed by atoms with van der Waals surface area (Å²) in [6.45, 7) is 0.273. The van der Waals surface area contributed by atoms with E-state index < -0.39 is 16.4 Å². The number of primary amides is 1. The Labute approximate surface area is 126 Å². The molecule has 0 aliphatic rings. The number of aromatic nitrogens is 1. The SMILES string of the molecule is NC(=O)c1cc([N+](=O)[O-])cn(CCCc2ccccc2)c1=O. The van der Waals surface area contributed by atoms with Crippen LogP contribution in [0.25, 0.3) is 0 Å². The lowest BCUT2D eigenvalue weighted by molar-refractivity contribution is -0.385. The van der Waals surface area contributed by atoms with Gasteiger partial charge in [-0.05, 0) is 18.4 Å². The van der Waals surface area contributed by atoms with Crippen molar-refractivity contribution in [3.63, 3.8) is 0 Å². The van der Waals surface area contributed by atoms with Gasteiger partial charge in [0.05, 0.1) is 11.1 Å². The molecule has 0 fully saturated rings. The predicted molar refractivity (Wildman–Crippen MR) is 80.6 cm³/mol. The zero-order valence-electron chi connectivity index (χ0n) is 11.8. The number of pyridine rings is 1. The molecule has 7 heteroatoms. The summed E-state index contributed by atoms with van der Waals surface area (Å²) < 4.78 is 1.17. The molecule has 1 heterocycles. The minimum Gasteiger partial charge on any atom is -0.365 e. The number of nitrogens with zero attached hydrogens (tertiary/aromatic N) is 2. The molecule has 7 nitrogen and oxygen atoms in total. The van der Waals surface area contributed by atoms with Gasteiger partial charge in [-0.2, -0.15) is 0 Å². The third-order valence-corrected chi connectivity index (χ3v) is 3.26. The molecule has 0 saturated carbocycles. The van der Waals surface area contributed by atoms with Crippen LogP contribution in [0.2, 0.25) is 0 Å². The van der Waals surface area contributed by atoms with Crippen LogP contribution in [0.4, 0.5) is 5.69 Å². The Kier molecular flexibility index (Phi) is 4.67. The molecule has 0 spiro atoms. The van der Waals surface area contributed by atoms with E-state index in [2.05, 4.69) is 0 Å². The molecular formula is C15H15N3O4. The lowest BCUT2D eigenvalue weighted by Gasteiger charge is -2.07. The van der Waals surface area contributed by atoms with E-state index in [4.69, 9.17) is 5.73 Å². The highest BCUT2D eigenvalue weighted by Gasteiger charge is 2.17. The van der Waals surface area contributed by atoms with Crippen LogP contribution in [-0.4, -0.2) is 15.4 Å². The summed E-state index contributed by atoms with van der Waals surface area (Å²) in [5, 5.41) is 10.9. The van der Waals surface area contributed by atoms with E-state index in [-0.39, 0.29) is 17.8 Å². The van der Waals surface area contributed by atoms with Gasteiger partial charge in [-0.3, -0.25) is 19.7 Å². The topological polar surface area (TPSA) is 108 Å². The molecule has 0 bridgehead atoms. The molecule has 0 atom stereocenters. The average molecular weight is 301 g/mol. The number of rotatable bonds is 6. The Morgan fingerprint density at radius 1 is 1.27 bits per heavy atom. The average Bonchev–Trinajstić information content (AvgIpc) is 2.49. The van der Waals surface area contributed by atoms with Crippen LogP contribution in [0.3, 0.4) is 0 Å². The summed E-state index contributed by atoms with van der Waals surface area (Å²) >= 11 is 0. The van der Waals surface area contributed by atoms with Gasteiger partial charge in [0.2, 0.25) is 0 Å². The third-order valence-electron chi connectivity index (χ3n) is 3.26. The van der Waals surface area contributed by atoms with E-state index in [1.165, 1.54) is 4.57 Å². The van der Waals surface area contributed by atoms with E-state index in [0.717, 1.165) is 24.2 Å². The molecule has 0 aliphatic heterocycles. The fraction of sp³-hybridized carbons (Fsp3) is 0.200. The summed E-state index contributed by atoms with van der Waals surface area (Å²) in [5.41, 5.74) is 4.91. The van der Waals surface area contributed by atoms with Crippen molar-refractivity contribution >= 4 is 11.6 Å². The Bertz CT molecular complexity index is 753. The Hall–Kier alpha value is -2.96. The van der Waals surface area contributed by atoms with Crippen LogP contribution in [0.5, 0.6) is 0 Å². The smallest absolute Gasteiger partial charge is 0.286 e. The molecule has 1 amide bonds. The summed E-state index contributed by atoms with van der Waals surface area (Å²) in [6.07, 6.45) is 2.48. The third kappa shape index (κ3) is 3.57. The number of hydrogen-bond acceptors (Lipinski definition) is 4. The Morgan fingerprint density at radius 2 is 1.95 bits per heavy atom. The molecule has 0 saturated heterocycles. The molecule has 0 radical (unpaired) electrons. The van der Waals surface area contributed by atoms with Gasteiger partial charge < -0.3 is 10.3 Å². The highest BCUT2D eigenvalue weighted by Crippen LogP contribution is 2.11. The van der Waals surface area contributed by atoms with Gasteiger partial charge >= 0.3 is 0 Å². The fourth-order valence-corrected chi connectivity index (χ4v) is 2.16. The zero-order chi connectivity index (χ0) is 16.1. The summed E-state index contributed by atoms with van der Waals surface area (Å²) in [5.74, 6) is -0.967. The van der Waals surface area contributed by atoms with E-state index in [1.54, 1.807) is 0 Å². The van der Waals surface area contributed by atoms with Crippen LogP contribution in [0.1, 0.15) is 22.3 Å². The van der Waals surface area contributed by atoms with Crippen molar-refractivity contribution in [2.75, 3.05) is 0 Å². The second kappa shape index (κ2) is 6.66. The summed E-state index contributed by atoms with van der Waals surface area (Å²) in [4.78, 5) is 33.5. The van der Waals surface area contributed by atoms with Crippen molar-refractivity contribution in [3.05, 3.63) is 74.2 Å². The monoisotopic (exact) mass is 301 g/mol. The van der Waals surface area contributed by atoms with E-state index >= 15 is 0 Å². The molecule has 2 aromatic rings. The van der Waals surface area contributed by atoms with Gasteiger partial charge in [0.1, 0.15) is 5.56 Å². The molecule has 0 aliphatic carbocycles. The number of nitrogens with two attached hydrogens (primary N) is 1. The molecule has 1 aromatic heterocycles. The first-order valence-corrected chi connectivity index (χ1v) is 6.71. The van der Waals surface area contributed by atoms with E-state index in [0.29, 0.717) is 6.42 Å². The van der Waals surface area contributed by atoms with Gasteiger partial charge in [0.25, 0.3) is 17.2 Å². The molecule has 114 valence electrons. The minimum absolute atomic E-state index is 0.273. The number of nitro groups is 1. The van der Waals surface area contributed by atoms with Crippen molar-refractivity contribution < 1.29 is 9.72 Å². The van der Waals surface area contributed by atoms with Gasteiger partial charge in [-0.1, -0.05) is 30.3 Å². The van der Waals surface area contributed by atoms with Crippen LogP contribution in [-0.2, 0) is 13.0 Å². The minimum atomic E-state index is -0.967. The quantitative estimate of drug-likeness (QED) is 0.644. The van der Waals surface area contributed by atoms with Crippen molar-refractivity contribution in [1.82, 2.24) is 4.57 Å². The van der Waals surface area contributed by atoms with Crippen LogP contribution < -0.4 is 11.3 Å². The fourth-order valence-electron chi connectivity index (χ4n) is 2.16. The normalized spacial score (nSPS) is 10.4. The number of amides is 1. The molecule has 0 unspecified atom stereocenters. The van der Waals surface area contributed by atoms with E-state index in [1.807, 2.05) is 30.3 Å². The first-order valence-electron chi connectivity index (χ1n) is 6.71. The lowest BCUT2D eigenvalue weighted by atomic mass is 10.1. The Balaban J connectivity index is 2.21. The van der Waals surface area contributed by atoms with Crippen molar-refractivity contribution in [3.8, 4) is 0 Å². The number of carbonyl (C=O) groups is 1. The molecule has 2 rings (SSSR count). The van der Waals surface area contributed by atoms with Crippen LogP contribution >= 0.6 is 0 Å². The number of carbonyl (C=O) groups excluding carboxylic acids is 1. The maximum Gasteiger partial charge on any atom is 0.286 e. The first-order chi connectivity index (χ1) is 10.5. The number of aryl methyl sites for hydroxylation is 2. The van der Waals surface area contributed by atoms with Gasteiger partial charge in [-0.15, -0.1) is 0 Å². The Morgan fingerprint density at radius 3 is 2.55 bits per heavy atom. The molecule has 1 aromatic carbocycles. The zero-order valence-corrected chi connectivity index (χ0v) is 11.8. The largest absolute Gasteiger partial charge is 0.365 e. The molecular weight excluding hydrogens is 286 g/mol. The highest BCUT2D eigenvalue weighted by molar-refractivity contribution is 5.92. The number of hydrogen-bond donors (Lipinski definition) is 1. The highest BCUT2D eigenvalue weighted by atomic mass is 16.6. The first kappa shape index (κ1) is 15.4. The van der Waals surface area contributed by atoms with Crippen LogP contribution in [0.15, 0.2) is 47.4 Å². The standard InChI is InChI=1S/C15H15N3O4/c16-14(19)13-9-12(18(21)22)10-17(15(13)20)8-4-7-11-5-2-1-3-6-11/h1-3,5-6,9-10H,4,7-8H2,(H2,16,19). The second-order valence-corrected chi connectivity index (χ2v) is 4.82. The second-order valence-electron chi connectivity index (χ2n) is 4.82. The van der Waals surface area contributed by atoms with Gasteiger partial charge in [0, 0.05) is 12.6 Å². The lowest BCUT2D eigenvalue weighted by Crippen LogP contribution is -2.29. The summed E-state index contributed by atoms with van der Waals surface area (Å²) in [6, 6.07) is 10.6. The summed E-state index contributed by atoms with van der Waals surface area (Å²) in [7, 11) is 0. The van der Waals surface area contributed by atoms with Crippen molar-refractivity contribution in [2.24, 2.45) is 5.73 Å². The van der Waals surface area contributed by atoms with Crippen molar-refractivity contribution in [1.29, 1.82) is 0 Å². The van der Waals surface area contributed by atoms with E-state index in [9.17, 15) is 19.7 Å². The maximum atomic E-state index is 12.1. The molecule has 2 N–H and O–H groups in total.